The molecule has 0 aromatic heterocycles. The first-order chi connectivity index (χ1) is 15.8. The molecule has 2 saturated heterocycles. The van der Waals surface area contributed by atoms with E-state index in [4.69, 9.17) is 4.74 Å². The van der Waals surface area contributed by atoms with Gasteiger partial charge in [0.2, 0.25) is 0 Å². The number of nitrogens with zero attached hydrogens (tertiary/aromatic N) is 2. The number of imide groups is 1. The summed E-state index contributed by atoms with van der Waals surface area (Å²) in [6.07, 6.45) is -1.13. The highest BCUT2D eigenvalue weighted by molar-refractivity contribution is 6.08. The molecule has 5 rings (SSSR count). The van der Waals surface area contributed by atoms with Gasteiger partial charge in [-0.05, 0) is 35.9 Å². The molecule has 10 heteroatoms. The maximum absolute atomic E-state index is 13.9. The molecule has 0 saturated carbocycles. The van der Waals surface area contributed by atoms with Gasteiger partial charge < -0.3 is 15.0 Å². The van der Waals surface area contributed by atoms with Crippen LogP contribution in [0.3, 0.4) is 0 Å². The van der Waals surface area contributed by atoms with Gasteiger partial charge in [-0.2, -0.15) is 0 Å². The first-order valence-electron chi connectivity index (χ1n) is 10.7. The van der Waals surface area contributed by atoms with E-state index in [0.717, 1.165) is 11.6 Å². The Morgan fingerprint density at radius 1 is 1.03 bits per heavy atom. The minimum Gasteiger partial charge on any atom is -0.480 e. The van der Waals surface area contributed by atoms with Crippen LogP contribution >= 0.6 is 0 Å². The lowest BCUT2D eigenvalue weighted by Gasteiger charge is -2.40. The van der Waals surface area contributed by atoms with Crippen molar-refractivity contribution in [3.05, 3.63) is 65.2 Å². The highest BCUT2D eigenvalue weighted by Crippen LogP contribution is 2.42. The number of fused-ring (bicyclic) bond motifs is 2. The Labute approximate surface area is 188 Å². The number of nitrogens with one attached hydrogen (secondary N) is 2. The Hall–Kier alpha value is -3.53. The van der Waals surface area contributed by atoms with Gasteiger partial charge in [-0.3, -0.25) is 19.8 Å². The highest BCUT2D eigenvalue weighted by Gasteiger charge is 2.55. The summed E-state index contributed by atoms with van der Waals surface area (Å²) in [6.45, 7) is 2.82. The quantitative estimate of drug-likeness (QED) is 0.684. The minimum atomic E-state index is -1.56. The molecule has 0 aliphatic carbocycles. The Kier molecular flexibility index (Phi) is 5.24. The van der Waals surface area contributed by atoms with Crippen molar-refractivity contribution < 1.29 is 27.9 Å². The molecule has 1 spiro atoms. The van der Waals surface area contributed by atoms with Crippen LogP contribution in [0.25, 0.3) is 0 Å². The lowest BCUT2D eigenvalue weighted by atomic mass is 9.81. The molecule has 3 aliphatic rings. The average molecular weight is 456 g/mol. The van der Waals surface area contributed by atoms with Crippen molar-refractivity contribution in [2.75, 3.05) is 26.2 Å². The molecule has 0 bridgehead atoms. The van der Waals surface area contributed by atoms with Crippen molar-refractivity contribution >= 4 is 17.8 Å². The van der Waals surface area contributed by atoms with E-state index in [2.05, 4.69) is 15.5 Å². The van der Waals surface area contributed by atoms with Gasteiger partial charge in [-0.25, -0.2) is 13.6 Å². The van der Waals surface area contributed by atoms with Crippen LogP contribution in [0.4, 0.5) is 13.6 Å². The van der Waals surface area contributed by atoms with Crippen LogP contribution in [-0.2, 0) is 21.7 Å². The second-order valence-electron chi connectivity index (χ2n) is 8.49. The summed E-state index contributed by atoms with van der Waals surface area (Å²) in [4.78, 5) is 41.7. The fourth-order valence-electron chi connectivity index (χ4n) is 4.66. The summed E-state index contributed by atoms with van der Waals surface area (Å²) >= 11 is 0. The second kappa shape index (κ2) is 8.11. The van der Waals surface area contributed by atoms with Crippen LogP contribution in [0.5, 0.6) is 5.75 Å². The van der Waals surface area contributed by atoms with Crippen LogP contribution < -0.4 is 15.4 Å². The second-order valence-corrected chi connectivity index (χ2v) is 8.49. The van der Waals surface area contributed by atoms with Gasteiger partial charge in [0.1, 0.15) is 17.4 Å². The van der Waals surface area contributed by atoms with Crippen molar-refractivity contribution in [1.29, 1.82) is 0 Å². The predicted molar refractivity (Wildman–Crippen MR) is 112 cm³/mol. The number of amides is 4. The Morgan fingerprint density at radius 3 is 2.39 bits per heavy atom. The third-order valence-corrected chi connectivity index (χ3v) is 6.38. The maximum Gasteiger partial charge on any atom is 0.322 e. The van der Waals surface area contributed by atoms with Crippen LogP contribution in [0.2, 0.25) is 0 Å². The SMILES string of the molecule is O=C1NC(=O)C2(CC(C(=O)N3CCN(Cc4ccc(F)cc4)CC3)Oc3ccc(F)cc32)N1. The lowest BCUT2D eigenvalue weighted by molar-refractivity contribution is -0.143. The van der Waals surface area contributed by atoms with E-state index < -0.39 is 29.4 Å². The summed E-state index contributed by atoms with van der Waals surface area (Å²) in [7, 11) is 0. The van der Waals surface area contributed by atoms with E-state index in [1.54, 1.807) is 17.0 Å². The Bertz CT molecular complexity index is 1120. The van der Waals surface area contributed by atoms with E-state index in [9.17, 15) is 23.2 Å². The molecule has 2 aromatic carbocycles. The van der Waals surface area contributed by atoms with Crippen LogP contribution in [-0.4, -0.2) is 59.9 Å². The van der Waals surface area contributed by atoms with Gasteiger partial charge >= 0.3 is 6.03 Å². The smallest absolute Gasteiger partial charge is 0.322 e. The van der Waals surface area contributed by atoms with Gasteiger partial charge in [0.05, 0.1) is 0 Å². The number of hydrogen-bond donors (Lipinski definition) is 2. The molecule has 3 heterocycles. The number of ether oxygens (including phenoxy) is 1. The number of rotatable bonds is 3. The first kappa shape index (κ1) is 21.3. The number of carbonyl (C=O) groups is 3. The molecule has 3 aliphatic heterocycles. The zero-order valence-electron chi connectivity index (χ0n) is 17.6. The summed E-state index contributed by atoms with van der Waals surface area (Å²) in [5, 5.41) is 4.76. The van der Waals surface area contributed by atoms with E-state index in [1.165, 1.54) is 24.3 Å². The Morgan fingerprint density at radius 2 is 1.73 bits per heavy atom. The standard InChI is InChI=1S/C23H22F2N4O4/c24-15-3-1-14(2-4-15)13-28-7-9-29(10-8-28)20(30)19-12-23(21(31)26-22(32)27-23)17-11-16(25)5-6-18(17)33-19/h1-6,11,19H,7-10,12-13H2,(H2,26,27,31,32). The van der Waals surface area contributed by atoms with Crippen LogP contribution in [0, 0.1) is 11.6 Å². The molecular weight excluding hydrogens is 434 g/mol. The van der Waals surface area contributed by atoms with Gasteiger partial charge in [0.15, 0.2) is 11.6 Å². The predicted octanol–water partition coefficient (Wildman–Crippen LogP) is 1.49. The van der Waals surface area contributed by atoms with Crippen LogP contribution in [0.15, 0.2) is 42.5 Å². The van der Waals surface area contributed by atoms with E-state index in [0.29, 0.717) is 32.7 Å². The minimum absolute atomic E-state index is 0.129. The summed E-state index contributed by atoms with van der Waals surface area (Å²) in [5.74, 6) is -1.60. The fraction of sp³-hybridized carbons (Fsp3) is 0.348. The third kappa shape index (κ3) is 3.91. The van der Waals surface area contributed by atoms with Crippen molar-refractivity contribution in [1.82, 2.24) is 20.4 Å². The lowest BCUT2D eigenvalue weighted by Crippen LogP contribution is -2.57. The molecule has 2 unspecified atom stereocenters. The first-order valence-corrected chi connectivity index (χ1v) is 10.7. The number of halogens is 2. The molecule has 2 N–H and O–H groups in total. The van der Waals surface area contributed by atoms with Crippen molar-refractivity contribution in [3.8, 4) is 5.75 Å². The van der Waals surface area contributed by atoms with Crippen molar-refractivity contribution in [2.24, 2.45) is 0 Å². The molecular formula is C23H22F2N4O4. The third-order valence-electron chi connectivity index (χ3n) is 6.38. The van der Waals surface area contributed by atoms with Gasteiger partial charge in [0.25, 0.3) is 11.8 Å². The molecule has 8 nitrogen and oxygen atoms in total. The number of benzene rings is 2. The molecule has 2 fully saturated rings. The normalized spacial score (nSPS) is 24.8. The van der Waals surface area contributed by atoms with Crippen LogP contribution in [0.1, 0.15) is 17.5 Å². The number of hydrogen-bond acceptors (Lipinski definition) is 5. The molecule has 2 atom stereocenters. The van der Waals surface area contributed by atoms with Gasteiger partial charge in [-0.1, -0.05) is 12.1 Å². The zero-order chi connectivity index (χ0) is 23.2. The van der Waals surface area contributed by atoms with Crippen molar-refractivity contribution in [3.63, 3.8) is 0 Å². The number of urea groups is 1. The number of carbonyl (C=O) groups excluding carboxylic acids is 3. The van der Waals surface area contributed by atoms with E-state index in [1.807, 2.05) is 0 Å². The summed E-state index contributed by atoms with van der Waals surface area (Å²) in [5.41, 5.74) is -0.378. The van der Waals surface area contributed by atoms with Crippen molar-refractivity contribution in [2.45, 2.75) is 24.6 Å². The molecule has 0 radical (unpaired) electrons. The fourth-order valence-corrected chi connectivity index (χ4v) is 4.66. The average Bonchev–Trinajstić information content (AvgIpc) is 3.08. The monoisotopic (exact) mass is 456 g/mol. The Balaban J connectivity index is 1.29. The highest BCUT2D eigenvalue weighted by atomic mass is 19.1. The molecule has 172 valence electrons. The molecule has 2 aromatic rings. The van der Waals surface area contributed by atoms with E-state index >= 15 is 0 Å². The van der Waals surface area contributed by atoms with Gasteiger partial charge in [0, 0.05) is 44.7 Å². The number of piperazine rings is 1. The van der Waals surface area contributed by atoms with E-state index in [-0.39, 0.29) is 29.5 Å². The molecule has 33 heavy (non-hydrogen) atoms. The largest absolute Gasteiger partial charge is 0.480 e. The summed E-state index contributed by atoms with van der Waals surface area (Å²) < 4.78 is 32.9. The van der Waals surface area contributed by atoms with Gasteiger partial charge in [-0.15, -0.1) is 0 Å². The zero-order valence-corrected chi connectivity index (χ0v) is 17.6. The summed E-state index contributed by atoms with van der Waals surface area (Å²) in [6, 6.07) is 9.33. The maximum atomic E-state index is 13.9. The molecule has 4 amide bonds. The topological polar surface area (TPSA) is 91.0 Å².